The van der Waals surface area contributed by atoms with Crippen molar-refractivity contribution < 1.29 is 14.1 Å². The van der Waals surface area contributed by atoms with Crippen molar-refractivity contribution in [2.45, 2.75) is 6.54 Å². The van der Waals surface area contributed by atoms with E-state index in [1.807, 2.05) is 24.3 Å². The minimum absolute atomic E-state index is 0.0910. The minimum Gasteiger partial charge on any atom is -0.497 e. The topological polar surface area (TPSA) is 90.1 Å². The molecule has 0 spiro atoms. The van der Waals surface area contributed by atoms with Gasteiger partial charge in [0.15, 0.2) is 0 Å². The van der Waals surface area contributed by atoms with E-state index >= 15 is 0 Å². The summed E-state index contributed by atoms with van der Waals surface area (Å²) in [4.78, 5) is 20.1. The van der Waals surface area contributed by atoms with Gasteiger partial charge >= 0.3 is 11.8 Å². The van der Waals surface area contributed by atoms with Gasteiger partial charge in [0.1, 0.15) is 5.75 Å². The first-order valence-electron chi connectivity index (χ1n) is 6.91. The Hall–Kier alpha value is -3.22. The van der Waals surface area contributed by atoms with Gasteiger partial charge in [0.2, 0.25) is 5.82 Å². The molecule has 0 fully saturated rings. The normalized spacial score (nSPS) is 10.3. The molecular formula is C16H14N4O3. The van der Waals surface area contributed by atoms with E-state index in [0.29, 0.717) is 23.7 Å². The van der Waals surface area contributed by atoms with Gasteiger partial charge in [0.05, 0.1) is 7.11 Å². The zero-order valence-corrected chi connectivity index (χ0v) is 12.4. The number of nitrogens with one attached hydrogen (secondary N) is 1. The fraction of sp³-hybridized carbons (Fsp3) is 0.125. The Morgan fingerprint density at radius 3 is 3.00 bits per heavy atom. The van der Waals surface area contributed by atoms with Crippen molar-refractivity contribution in [3.63, 3.8) is 0 Å². The van der Waals surface area contributed by atoms with E-state index < -0.39 is 5.91 Å². The number of amides is 1. The lowest BCUT2D eigenvalue weighted by atomic mass is 10.2. The van der Waals surface area contributed by atoms with Crippen LogP contribution in [0.3, 0.4) is 0 Å². The number of carbonyl (C=O) groups is 1. The quantitative estimate of drug-likeness (QED) is 0.776. The predicted octanol–water partition coefficient (Wildman–Crippen LogP) is 2.07. The average molecular weight is 310 g/mol. The Morgan fingerprint density at radius 2 is 2.22 bits per heavy atom. The number of ether oxygens (including phenoxy) is 1. The second-order valence-electron chi connectivity index (χ2n) is 4.70. The van der Waals surface area contributed by atoms with E-state index in [0.717, 1.165) is 5.56 Å². The fourth-order valence-electron chi connectivity index (χ4n) is 1.96. The summed E-state index contributed by atoms with van der Waals surface area (Å²) in [7, 11) is 1.58. The molecule has 3 aromatic rings. The molecule has 1 N–H and O–H groups in total. The highest BCUT2D eigenvalue weighted by Crippen LogP contribution is 2.21. The summed E-state index contributed by atoms with van der Waals surface area (Å²) in [6.07, 6.45) is 3.35. The SMILES string of the molecule is COc1cccc(-c2noc(C(=O)NCc3cccnc3)n2)c1. The molecule has 7 nitrogen and oxygen atoms in total. The second-order valence-corrected chi connectivity index (χ2v) is 4.70. The Bertz CT molecular complexity index is 802. The smallest absolute Gasteiger partial charge is 0.316 e. The van der Waals surface area contributed by atoms with Crippen LogP contribution >= 0.6 is 0 Å². The van der Waals surface area contributed by atoms with Gasteiger partial charge in [0, 0.05) is 24.5 Å². The molecule has 3 rings (SSSR count). The van der Waals surface area contributed by atoms with E-state index in [1.165, 1.54) is 0 Å². The number of hydrogen-bond donors (Lipinski definition) is 1. The molecular weight excluding hydrogens is 296 g/mol. The summed E-state index contributed by atoms with van der Waals surface area (Å²) in [5, 5.41) is 6.53. The highest BCUT2D eigenvalue weighted by Gasteiger charge is 2.16. The first kappa shape index (κ1) is 14.7. The third-order valence-electron chi connectivity index (χ3n) is 3.12. The molecule has 1 aromatic carbocycles. The van der Waals surface area contributed by atoms with Crippen LogP contribution in [0.4, 0.5) is 0 Å². The maximum atomic E-state index is 12.0. The Morgan fingerprint density at radius 1 is 1.30 bits per heavy atom. The molecule has 0 aliphatic carbocycles. The summed E-state index contributed by atoms with van der Waals surface area (Å²) in [5.41, 5.74) is 1.59. The van der Waals surface area contributed by atoms with E-state index in [-0.39, 0.29) is 5.89 Å². The van der Waals surface area contributed by atoms with Crippen molar-refractivity contribution in [2.75, 3.05) is 7.11 Å². The van der Waals surface area contributed by atoms with Crippen molar-refractivity contribution in [1.29, 1.82) is 0 Å². The van der Waals surface area contributed by atoms with Crippen molar-refractivity contribution in [2.24, 2.45) is 0 Å². The third kappa shape index (κ3) is 3.52. The lowest BCUT2D eigenvalue weighted by molar-refractivity contribution is 0.0907. The minimum atomic E-state index is -0.435. The fourth-order valence-corrected chi connectivity index (χ4v) is 1.96. The molecule has 0 bridgehead atoms. The van der Waals surface area contributed by atoms with Crippen LogP contribution in [-0.4, -0.2) is 28.1 Å². The molecule has 116 valence electrons. The van der Waals surface area contributed by atoms with E-state index in [9.17, 15) is 4.79 Å². The standard InChI is InChI=1S/C16H14N4O3/c1-22-13-6-2-5-12(8-13)14-19-16(23-20-14)15(21)18-10-11-4-3-7-17-9-11/h2-9H,10H2,1H3,(H,18,21). The van der Waals surface area contributed by atoms with Crippen molar-refractivity contribution in [3.05, 3.63) is 60.2 Å². The predicted molar refractivity (Wildman–Crippen MR) is 81.7 cm³/mol. The molecule has 0 saturated carbocycles. The van der Waals surface area contributed by atoms with Crippen LogP contribution in [0.2, 0.25) is 0 Å². The third-order valence-corrected chi connectivity index (χ3v) is 3.12. The molecule has 0 saturated heterocycles. The molecule has 7 heteroatoms. The molecule has 0 unspecified atom stereocenters. The lowest BCUT2D eigenvalue weighted by Gasteiger charge is -2.01. The molecule has 1 amide bonds. The molecule has 0 atom stereocenters. The van der Waals surface area contributed by atoms with Gasteiger partial charge in [-0.15, -0.1) is 0 Å². The molecule has 0 radical (unpaired) electrons. The highest BCUT2D eigenvalue weighted by molar-refractivity contribution is 5.89. The van der Waals surface area contributed by atoms with Crippen molar-refractivity contribution in [3.8, 4) is 17.1 Å². The first-order valence-corrected chi connectivity index (χ1v) is 6.91. The number of carbonyl (C=O) groups excluding carboxylic acids is 1. The molecule has 0 aliphatic heterocycles. The number of nitrogens with zero attached hydrogens (tertiary/aromatic N) is 3. The zero-order valence-electron chi connectivity index (χ0n) is 12.4. The monoisotopic (exact) mass is 310 g/mol. The molecule has 2 aromatic heterocycles. The lowest BCUT2D eigenvalue weighted by Crippen LogP contribution is -2.23. The van der Waals surface area contributed by atoms with Gasteiger partial charge in [-0.05, 0) is 23.8 Å². The van der Waals surface area contributed by atoms with Gasteiger partial charge < -0.3 is 14.6 Å². The van der Waals surface area contributed by atoms with Crippen LogP contribution < -0.4 is 10.1 Å². The number of pyridine rings is 1. The highest BCUT2D eigenvalue weighted by atomic mass is 16.5. The Labute approximate surface area is 132 Å². The van der Waals surface area contributed by atoms with E-state index in [1.54, 1.807) is 31.6 Å². The van der Waals surface area contributed by atoms with Crippen molar-refractivity contribution >= 4 is 5.91 Å². The maximum absolute atomic E-state index is 12.0. The van der Waals surface area contributed by atoms with Gasteiger partial charge in [0.25, 0.3) is 0 Å². The van der Waals surface area contributed by atoms with Gasteiger partial charge in [-0.2, -0.15) is 4.98 Å². The summed E-state index contributed by atoms with van der Waals surface area (Å²) in [6, 6.07) is 10.9. The van der Waals surface area contributed by atoms with Crippen LogP contribution in [0.1, 0.15) is 16.2 Å². The molecule has 0 aliphatic rings. The molecule has 23 heavy (non-hydrogen) atoms. The van der Waals surface area contributed by atoms with Gasteiger partial charge in [-0.25, -0.2) is 0 Å². The van der Waals surface area contributed by atoms with Crippen LogP contribution in [0.25, 0.3) is 11.4 Å². The first-order chi connectivity index (χ1) is 11.3. The van der Waals surface area contributed by atoms with Gasteiger partial charge in [-0.1, -0.05) is 23.4 Å². The second kappa shape index (κ2) is 6.69. The van der Waals surface area contributed by atoms with E-state index in [4.69, 9.17) is 9.26 Å². The average Bonchev–Trinajstić information content (AvgIpc) is 3.11. The summed E-state index contributed by atoms with van der Waals surface area (Å²) in [5.74, 6) is 0.479. The number of rotatable bonds is 5. The van der Waals surface area contributed by atoms with Crippen LogP contribution in [0, 0.1) is 0 Å². The Balaban J connectivity index is 1.69. The van der Waals surface area contributed by atoms with Crippen LogP contribution in [-0.2, 0) is 6.54 Å². The maximum Gasteiger partial charge on any atom is 0.316 e. The number of hydrogen-bond acceptors (Lipinski definition) is 6. The summed E-state index contributed by atoms with van der Waals surface area (Å²) < 4.78 is 10.2. The molecule has 2 heterocycles. The van der Waals surface area contributed by atoms with Crippen LogP contribution in [0.5, 0.6) is 5.75 Å². The van der Waals surface area contributed by atoms with Crippen LogP contribution in [0.15, 0.2) is 53.3 Å². The summed E-state index contributed by atoms with van der Waals surface area (Å²) >= 11 is 0. The van der Waals surface area contributed by atoms with Crippen molar-refractivity contribution in [1.82, 2.24) is 20.4 Å². The number of methoxy groups -OCH3 is 1. The number of aromatic nitrogens is 3. The number of benzene rings is 1. The largest absolute Gasteiger partial charge is 0.497 e. The van der Waals surface area contributed by atoms with Gasteiger partial charge in [-0.3, -0.25) is 9.78 Å². The summed E-state index contributed by atoms with van der Waals surface area (Å²) in [6.45, 7) is 0.337. The zero-order chi connectivity index (χ0) is 16.1. The Kier molecular flexibility index (Phi) is 4.28. The van der Waals surface area contributed by atoms with E-state index in [2.05, 4.69) is 20.4 Å².